The fraction of sp³-hybridized carbons (Fsp3) is 0.833. The Labute approximate surface area is 83.3 Å². The summed E-state index contributed by atoms with van der Waals surface area (Å²) < 4.78 is 0. The van der Waals surface area contributed by atoms with Crippen LogP contribution < -0.4 is 5.73 Å². The van der Waals surface area contributed by atoms with Crippen molar-refractivity contribution in [1.82, 2.24) is 0 Å². The first-order valence-electron chi connectivity index (χ1n) is 3.19. The molecule has 0 aliphatic heterocycles. The summed E-state index contributed by atoms with van der Waals surface area (Å²) in [5.41, 5.74) is 5.20. The van der Waals surface area contributed by atoms with E-state index in [1.54, 1.807) is 0 Å². The second kappa shape index (κ2) is 9.43. The Morgan fingerprint density at radius 2 is 1.90 bits per heavy atom. The van der Waals surface area contributed by atoms with Gasteiger partial charge in [0.1, 0.15) is 0 Å². The van der Waals surface area contributed by atoms with Crippen molar-refractivity contribution in [2.75, 3.05) is 6.54 Å². The van der Waals surface area contributed by atoms with E-state index in [1.807, 2.05) is 0 Å². The first-order chi connectivity index (χ1) is 4.27. The molecule has 0 spiro atoms. The van der Waals surface area contributed by atoms with E-state index in [2.05, 4.69) is 0 Å². The van der Waals surface area contributed by atoms with Crippen LogP contribution in [0.2, 0.25) is 0 Å². The van der Waals surface area contributed by atoms with Crippen LogP contribution in [-0.4, -0.2) is 47.2 Å². The van der Waals surface area contributed by atoms with Crippen molar-refractivity contribution in [2.24, 2.45) is 5.73 Å². The molecule has 0 heterocycles. The molecule has 0 aliphatic rings. The number of rotatable bonds is 5. The molecule has 10 heavy (non-hydrogen) atoms. The third-order valence-electron chi connectivity index (χ3n) is 1.09. The van der Waals surface area contributed by atoms with Gasteiger partial charge in [-0.2, -0.15) is 0 Å². The Hall–Kier alpha value is 0.430. The number of carboxylic acid groups (broad SMARTS) is 1. The molecule has 0 aromatic heterocycles. The maximum atomic E-state index is 9.93. The van der Waals surface area contributed by atoms with E-state index in [0.29, 0.717) is 6.54 Å². The van der Waals surface area contributed by atoms with Crippen LogP contribution in [0.3, 0.4) is 0 Å². The molecule has 0 aromatic carbocycles. The van der Waals surface area contributed by atoms with Gasteiger partial charge in [-0.25, -0.2) is 0 Å². The quantitative estimate of drug-likeness (QED) is 0.432. The summed E-state index contributed by atoms with van der Waals surface area (Å²) in [7, 11) is 0. The van der Waals surface area contributed by atoms with Crippen LogP contribution in [0.15, 0.2) is 0 Å². The van der Waals surface area contributed by atoms with Crippen molar-refractivity contribution in [3.63, 3.8) is 0 Å². The molecule has 0 amide bonds. The number of carbonyl (C=O) groups is 1. The van der Waals surface area contributed by atoms with E-state index in [0.717, 1.165) is 19.3 Å². The van der Waals surface area contributed by atoms with Crippen LogP contribution in [0.25, 0.3) is 0 Å². The maximum absolute atomic E-state index is 9.93. The van der Waals surface area contributed by atoms with Crippen LogP contribution in [0.5, 0.6) is 0 Å². The number of carboxylic acids is 1. The van der Waals surface area contributed by atoms with Crippen molar-refractivity contribution in [3.05, 3.63) is 0 Å². The van der Waals surface area contributed by atoms with Crippen molar-refractivity contribution in [2.45, 2.75) is 25.7 Å². The monoisotopic (exact) mass is 155 g/mol. The molecule has 0 atom stereocenters. The average Bonchev–Trinajstić information content (AvgIpc) is 1.80. The molecule has 0 saturated heterocycles. The third-order valence-corrected chi connectivity index (χ3v) is 1.09. The summed E-state index contributed by atoms with van der Waals surface area (Å²) in [6.45, 7) is 0.666. The predicted molar refractivity (Wildman–Crippen MR) is 42.3 cm³/mol. The van der Waals surface area contributed by atoms with Gasteiger partial charge in [0.05, 0.1) is 0 Å². The van der Waals surface area contributed by atoms with Crippen LogP contribution in [0, 0.1) is 0 Å². The summed E-state index contributed by atoms with van der Waals surface area (Å²) in [6.07, 6.45) is 2.91. The summed E-state index contributed by atoms with van der Waals surface area (Å²) in [5, 5.41) is 8.18. The van der Waals surface area contributed by atoms with Gasteiger partial charge in [-0.3, -0.25) is 4.79 Å². The zero-order chi connectivity index (χ0) is 7.11. The van der Waals surface area contributed by atoms with Crippen LogP contribution >= 0.6 is 0 Å². The zero-order valence-electron chi connectivity index (χ0n) is 5.47. The first-order valence-corrected chi connectivity index (χ1v) is 3.19. The number of nitrogens with two attached hydrogens (primary N) is 1. The number of hydrogen-bond donors (Lipinski definition) is 2. The van der Waals surface area contributed by atoms with E-state index < -0.39 is 5.97 Å². The molecule has 3 N–H and O–H groups in total. The van der Waals surface area contributed by atoms with E-state index in [-0.39, 0.29) is 36.0 Å². The van der Waals surface area contributed by atoms with Crippen LogP contribution in [-0.2, 0) is 4.79 Å². The van der Waals surface area contributed by atoms with Gasteiger partial charge in [0.25, 0.3) is 0 Å². The van der Waals surface area contributed by atoms with Crippen molar-refractivity contribution >= 4 is 35.5 Å². The predicted octanol–water partition coefficient (Wildman–Crippen LogP) is -0.0584. The fourth-order valence-electron chi connectivity index (χ4n) is 0.597. The van der Waals surface area contributed by atoms with Gasteiger partial charge in [0.15, 0.2) is 0 Å². The SMILES string of the molecule is NCCCCCC(=O)O.[NaH]. The molecule has 0 unspecified atom stereocenters. The Balaban J connectivity index is 0. The molecule has 0 rings (SSSR count). The molecule has 0 bridgehead atoms. The number of hydrogen-bond acceptors (Lipinski definition) is 2. The second-order valence-electron chi connectivity index (χ2n) is 1.99. The molecule has 0 aromatic rings. The van der Waals surface area contributed by atoms with Crippen molar-refractivity contribution in [3.8, 4) is 0 Å². The van der Waals surface area contributed by atoms with Gasteiger partial charge in [-0.15, -0.1) is 0 Å². The Morgan fingerprint density at radius 1 is 1.30 bits per heavy atom. The first kappa shape index (κ1) is 13.1. The standard InChI is InChI=1S/C6H13NO2.Na.H/c7-5-3-1-2-4-6(8)9;;/h1-5,7H2,(H,8,9);;. The normalized spacial score (nSPS) is 8.50. The Kier molecular flexibility index (Phi) is 12.3. The molecule has 4 heteroatoms. The average molecular weight is 155 g/mol. The van der Waals surface area contributed by atoms with E-state index in [9.17, 15) is 4.79 Å². The third kappa shape index (κ3) is 11.3. The van der Waals surface area contributed by atoms with E-state index >= 15 is 0 Å². The summed E-state index contributed by atoms with van der Waals surface area (Å²) in [4.78, 5) is 9.93. The number of aliphatic carboxylic acids is 1. The molecular weight excluding hydrogens is 141 g/mol. The minimum absolute atomic E-state index is 0. The van der Waals surface area contributed by atoms with Gasteiger partial charge in [-0.05, 0) is 19.4 Å². The molecule has 0 fully saturated rings. The topological polar surface area (TPSA) is 63.3 Å². The van der Waals surface area contributed by atoms with Crippen molar-refractivity contribution in [1.29, 1.82) is 0 Å². The molecule has 0 aliphatic carbocycles. The number of unbranched alkanes of at least 4 members (excludes halogenated alkanes) is 2. The molecular formula is C6H14NNaO2. The second-order valence-corrected chi connectivity index (χ2v) is 1.99. The molecule has 56 valence electrons. The van der Waals surface area contributed by atoms with Gasteiger partial charge in [0.2, 0.25) is 0 Å². The zero-order valence-corrected chi connectivity index (χ0v) is 5.47. The van der Waals surface area contributed by atoms with Crippen molar-refractivity contribution < 1.29 is 9.90 Å². The van der Waals surface area contributed by atoms with E-state index in [4.69, 9.17) is 10.8 Å². The van der Waals surface area contributed by atoms with Gasteiger partial charge in [-0.1, -0.05) is 6.42 Å². The summed E-state index contributed by atoms with van der Waals surface area (Å²) in [5.74, 6) is -0.716. The van der Waals surface area contributed by atoms with Crippen LogP contribution in [0.4, 0.5) is 0 Å². The van der Waals surface area contributed by atoms with E-state index in [1.165, 1.54) is 0 Å². The minimum atomic E-state index is -0.716. The summed E-state index contributed by atoms with van der Waals surface area (Å²) in [6, 6.07) is 0. The van der Waals surface area contributed by atoms with Crippen LogP contribution in [0.1, 0.15) is 25.7 Å². The Bertz CT molecular complexity index is 87.8. The van der Waals surface area contributed by atoms with Gasteiger partial charge < -0.3 is 10.8 Å². The van der Waals surface area contributed by atoms with Gasteiger partial charge in [0, 0.05) is 6.42 Å². The molecule has 3 nitrogen and oxygen atoms in total. The fourth-order valence-corrected chi connectivity index (χ4v) is 0.597. The van der Waals surface area contributed by atoms with Gasteiger partial charge >= 0.3 is 35.5 Å². The molecule has 0 saturated carbocycles. The molecule has 0 radical (unpaired) electrons. The summed E-state index contributed by atoms with van der Waals surface area (Å²) >= 11 is 0. The Morgan fingerprint density at radius 3 is 2.30 bits per heavy atom.